The highest BCUT2D eigenvalue weighted by molar-refractivity contribution is 5.93. The van der Waals surface area contributed by atoms with E-state index < -0.39 is 0 Å². The first-order valence-corrected chi connectivity index (χ1v) is 10.7. The molecular formula is C25H25N5O. The number of likely N-dealkylation sites (tertiary alicyclic amines) is 1. The standard InChI is InChI=1S/C25H25N5O/c31-25(23-17-22(27-28-23)20-7-3-1-4-8-20)29-14-11-19(12-15-29)18-30-16-13-26-24(30)21-9-5-2-6-10-21/h1-10,13,16-17,19H,11-12,14-15,18H2,(H,27,28). The highest BCUT2D eigenvalue weighted by Gasteiger charge is 2.25. The topological polar surface area (TPSA) is 66.8 Å². The average Bonchev–Trinajstić information content (AvgIpc) is 3.50. The Balaban J connectivity index is 1.20. The lowest BCUT2D eigenvalue weighted by Gasteiger charge is -2.32. The highest BCUT2D eigenvalue weighted by Crippen LogP contribution is 2.25. The number of nitrogens with zero attached hydrogens (tertiary/aromatic N) is 4. The van der Waals surface area contributed by atoms with Crippen molar-refractivity contribution in [3.63, 3.8) is 0 Å². The fourth-order valence-corrected chi connectivity index (χ4v) is 4.26. The van der Waals surface area contributed by atoms with Gasteiger partial charge in [-0.2, -0.15) is 5.10 Å². The van der Waals surface area contributed by atoms with Gasteiger partial charge >= 0.3 is 0 Å². The number of hydrogen-bond donors (Lipinski definition) is 1. The van der Waals surface area contributed by atoms with Crippen LogP contribution in [0.2, 0.25) is 0 Å². The van der Waals surface area contributed by atoms with Crippen molar-refractivity contribution < 1.29 is 4.79 Å². The van der Waals surface area contributed by atoms with E-state index in [9.17, 15) is 4.79 Å². The molecule has 0 spiro atoms. The van der Waals surface area contributed by atoms with Gasteiger partial charge in [0.05, 0.1) is 5.69 Å². The number of benzene rings is 2. The molecule has 1 amide bonds. The van der Waals surface area contributed by atoms with E-state index in [1.165, 1.54) is 0 Å². The maximum absolute atomic E-state index is 12.9. The van der Waals surface area contributed by atoms with Crippen LogP contribution >= 0.6 is 0 Å². The van der Waals surface area contributed by atoms with Crippen LogP contribution in [0.3, 0.4) is 0 Å². The minimum Gasteiger partial charge on any atom is -0.337 e. The van der Waals surface area contributed by atoms with Crippen LogP contribution in [0.5, 0.6) is 0 Å². The molecule has 0 aliphatic carbocycles. The number of piperidine rings is 1. The minimum atomic E-state index is 0.0285. The fourth-order valence-electron chi connectivity index (χ4n) is 4.26. The molecule has 0 atom stereocenters. The zero-order valence-electron chi connectivity index (χ0n) is 17.3. The summed E-state index contributed by atoms with van der Waals surface area (Å²) in [5.74, 6) is 1.56. The second kappa shape index (κ2) is 8.60. The number of nitrogens with one attached hydrogen (secondary N) is 1. The first kappa shape index (κ1) is 19.3. The predicted octanol–water partition coefficient (Wildman–Crippen LogP) is 4.49. The summed E-state index contributed by atoms with van der Waals surface area (Å²) in [5, 5.41) is 7.24. The number of H-pyrrole nitrogens is 1. The van der Waals surface area contributed by atoms with E-state index in [2.05, 4.69) is 38.1 Å². The van der Waals surface area contributed by atoms with Crippen molar-refractivity contribution in [2.45, 2.75) is 19.4 Å². The molecule has 1 fully saturated rings. The van der Waals surface area contributed by atoms with Gasteiger partial charge in [-0.25, -0.2) is 4.98 Å². The molecule has 0 saturated carbocycles. The molecule has 0 bridgehead atoms. The molecule has 3 heterocycles. The first-order valence-electron chi connectivity index (χ1n) is 10.7. The largest absolute Gasteiger partial charge is 0.337 e. The summed E-state index contributed by atoms with van der Waals surface area (Å²) in [6.45, 7) is 2.45. The quantitative estimate of drug-likeness (QED) is 0.526. The summed E-state index contributed by atoms with van der Waals surface area (Å²) in [4.78, 5) is 19.4. The van der Waals surface area contributed by atoms with Gasteiger partial charge in [-0.15, -0.1) is 0 Å². The molecular weight excluding hydrogens is 386 g/mol. The van der Waals surface area contributed by atoms with Gasteiger partial charge in [-0.05, 0) is 24.8 Å². The third-order valence-corrected chi connectivity index (χ3v) is 5.98. The monoisotopic (exact) mass is 411 g/mol. The number of amides is 1. The van der Waals surface area contributed by atoms with E-state index in [0.29, 0.717) is 11.6 Å². The Morgan fingerprint density at radius 2 is 1.65 bits per heavy atom. The number of imidazole rings is 1. The predicted molar refractivity (Wildman–Crippen MR) is 120 cm³/mol. The normalized spacial score (nSPS) is 14.6. The lowest BCUT2D eigenvalue weighted by molar-refractivity contribution is 0.0677. The van der Waals surface area contributed by atoms with Gasteiger partial charge < -0.3 is 9.47 Å². The van der Waals surface area contributed by atoms with E-state index in [0.717, 1.165) is 55.1 Å². The summed E-state index contributed by atoms with van der Waals surface area (Å²) in [6.07, 6.45) is 5.88. The number of carbonyl (C=O) groups excluding carboxylic acids is 1. The molecule has 31 heavy (non-hydrogen) atoms. The van der Waals surface area contributed by atoms with Crippen molar-refractivity contribution in [3.8, 4) is 22.6 Å². The maximum atomic E-state index is 12.9. The molecule has 5 rings (SSSR count). The van der Waals surface area contributed by atoms with Gasteiger partial charge in [0.2, 0.25) is 0 Å². The van der Waals surface area contributed by atoms with Gasteiger partial charge in [0.1, 0.15) is 11.5 Å². The summed E-state index contributed by atoms with van der Waals surface area (Å²) in [7, 11) is 0. The number of rotatable bonds is 5. The molecule has 2 aromatic carbocycles. The molecule has 0 unspecified atom stereocenters. The highest BCUT2D eigenvalue weighted by atomic mass is 16.2. The summed E-state index contributed by atoms with van der Waals surface area (Å²) >= 11 is 0. The van der Waals surface area contributed by atoms with Gasteiger partial charge in [-0.3, -0.25) is 9.89 Å². The van der Waals surface area contributed by atoms with Crippen molar-refractivity contribution >= 4 is 5.91 Å². The third kappa shape index (κ3) is 4.14. The first-order chi connectivity index (χ1) is 15.3. The Morgan fingerprint density at radius 1 is 0.968 bits per heavy atom. The fraction of sp³-hybridized carbons (Fsp3) is 0.240. The van der Waals surface area contributed by atoms with Crippen LogP contribution in [0.25, 0.3) is 22.6 Å². The number of hydrogen-bond acceptors (Lipinski definition) is 3. The molecule has 6 nitrogen and oxygen atoms in total. The van der Waals surface area contributed by atoms with Gasteiger partial charge in [-0.1, -0.05) is 60.7 Å². The lowest BCUT2D eigenvalue weighted by atomic mass is 9.96. The van der Waals surface area contributed by atoms with Gasteiger partial charge in [0.15, 0.2) is 0 Å². The Kier molecular flexibility index (Phi) is 5.35. The molecule has 0 radical (unpaired) electrons. The van der Waals surface area contributed by atoms with Crippen molar-refractivity contribution in [1.29, 1.82) is 0 Å². The van der Waals surface area contributed by atoms with Crippen LogP contribution in [0.4, 0.5) is 0 Å². The van der Waals surface area contributed by atoms with E-state index in [1.54, 1.807) is 0 Å². The van der Waals surface area contributed by atoms with Gasteiger partial charge in [0, 0.05) is 43.2 Å². The molecule has 1 aliphatic heterocycles. The molecule has 4 aromatic rings. The third-order valence-electron chi connectivity index (χ3n) is 5.98. The van der Waals surface area contributed by atoms with E-state index in [1.807, 2.05) is 65.7 Å². The Labute approximate surface area is 181 Å². The number of carbonyl (C=O) groups is 1. The second-order valence-corrected chi connectivity index (χ2v) is 8.04. The molecule has 156 valence electrons. The SMILES string of the molecule is O=C(c1cc(-c2ccccc2)n[nH]1)N1CCC(Cn2ccnc2-c2ccccc2)CC1. The Morgan fingerprint density at radius 3 is 2.35 bits per heavy atom. The molecule has 1 aliphatic rings. The zero-order chi connectivity index (χ0) is 21.0. The zero-order valence-corrected chi connectivity index (χ0v) is 17.3. The van der Waals surface area contributed by atoms with Crippen molar-refractivity contribution in [2.24, 2.45) is 5.92 Å². The lowest BCUT2D eigenvalue weighted by Crippen LogP contribution is -2.39. The van der Waals surface area contributed by atoms with Gasteiger partial charge in [0.25, 0.3) is 5.91 Å². The van der Waals surface area contributed by atoms with Crippen LogP contribution in [0, 0.1) is 5.92 Å². The summed E-state index contributed by atoms with van der Waals surface area (Å²) in [6, 6.07) is 22.0. The molecule has 6 heteroatoms. The average molecular weight is 412 g/mol. The summed E-state index contributed by atoms with van der Waals surface area (Å²) in [5.41, 5.74) is 3.49. The Hall–Kier alpha value is -3.67. The van der Waals surface area contributed by atoms with Crippen molar-refractivity contribution in [2.75, 3.05) is 13.1 Å². The van der Waals surface area contributed by atoms with Crippen LogP contribution < -0.4 is 0 Å². The Bertz CT molecular complexity index is 1140. The minimum absolute atomic E-state index is 0.0285. The number of aromatic nitrogens is 4. The molecule has 1 saturated heterocycles. The van der Waals surface area contributed by atoms with E-state index >= 15 is 0 Å². The van der Waals surface area contributed by atoms with Crippen LogP contribution in [-0.4, -0.2) is 43.6 Å². The van der Waals surface area contributed by atoms with E-state index in [4.69, 9.17) is 0 Å². The van der Waals surface area contributed by atoms with Crippen LogP contribution in [0.1, 0.15) is 23.3 Å². The molecule has 1 N–H and O–H groups in total. The van der Waals surface area contributed by atoms with Crippen molar-refractivity contribution in [3.05, 3.63) is 84.8 Å². The molecule has 2 aromatic heterocycles. The number of aromatic amines is 1. The smallest absolute Gasteiger partial charge is 0.271 e. The maximum Gasteiger partial charge on any atom is 0.271 e. The van der Waals surface area contributed by atoms with Crippen LogP contribution in [0.15, 0.2) is 79.1 Å². The van der Waals surface area contributed by atoms with E-state index in [-0.39, 0.29) is 5.91 Å². The summed E-state index contributed by atoms with van der Waals surface area (Å²) < 4.78 is 2.23. The van der Waals surface area contributed by atoms with Crippen LogP contribution in [-0.2, 0) is 6.54 Å². The van der Waals surface area contributed by atoms with Crippen molar-refractivity contribution in [1.82, 2.24) is 24.6 Å². The second-order valence-electron chi connectivity index (χ2n) is 8.04.